The first-order valence-corrected chi connectivity index (χ1v) is 7.30. The highest BCUT2D eigenvalue weighted by Gasteiger charge is 2.21. The minimum atomic E-state index is -0.788. The molecule has 0 radical (unpaired) electrons. The van der Waals surface area contributed by atoms with Gasteiger partial charge in [-0.1, -0.05) is 23.2 Å². The van der Waals surface area contributed by atoms with Crippen LogP contribution in [0, 0.1) is 0 Å². The van der Waals surface area contributed by atoms with Gasteiger partial charge in [0.05, 0.1) is 0 Å². The molecular formula is C16H10Cl2N2O3. The van der Waals surface area contributed by atoms with Gasteiger partial charge in [0, 0.05) is 27.1 Å². The van der Waals surface area contributed by atoms with E-state index in [2.05, 4.69) is 5.32 Å². The molecule has 2 amide bonds. The second kappa shape index (κ2) is 5.95. The van der Waals surface area contributed by atoms with Crippen molar-refractivity contribution in [1.29, 1.82) is 0 Å². The van der Waals surface area contributed by atoms with Crippen LogP contribution in [0.2, 0.25) is 10.0 Å². The van der Waals surface area contributed by atoms with E-state index in [0.717, 1.165) is 0 Å². The van der Waals surface area contributed by atoms with Crippen molar-refractivity contribution < 1.29 is 14.0 Å². The molecule has 0 aliphatic heterocycles. The molecule has 116 valence electrons. The molecule has 1 heterocycles. The van der Waals surface area contributed by atoms with E-state index >= 15 is 0 Å². The Bertz CT molecular complexity index is 917. The van der Waals surface area contributed by atoms with Crippen LogP contribution in [0.4, 0.5) is 5.69 Å². The minimum absolute atomic E-state index is 0.135. The number of rotatable bonds is 3. The Morgan fingerprint density at radius 3 is 2.30 bits per heavy atom. The minimum Gasteiger partial charge on any atom is -0.449 e. The van der Waals surface area contributed by atoms with E-state index < -0.39 is 11.8 Å². The summed E-state index contributed by atoms with van der Waals surface area (Å²) in [6, 6.07) is 11.1. The lowest BCUT2D eigenvalue weighted by Gasteiger charge is -2.05. The van der Waals surface area contributed by atoms with E-state index in [1.807, 2.05) is 0 Å². The van der Waals surface area contributed by atoms with E-state index in [9.17, 15) is 9.59 Å². The molecule has 0 unspecified atom stereocenters. The van der Waals surface area contributed by atoms with E-state index in [1.54, 1.807) is 42.5 Å². The Morgan fingerprint density at radius 1 is 1.00 bits per heavy atom. The molecule has 7 heteroatoms. The van der Waals surface area contributed by atoms with Crippen molar-refractivity contribution in [1.82, 2.24) is 0 Å². The summed E-state index contributed by atoms with van der Waals surface area (Å²) in [5, 5.41) is 4.14. The maximum Gasteiger partial charge on any atom is 0.286 e. The van der Waals surface area contributed by atoms with Gasteiger partial charge >= 0.3 is 0 Å². The number of furan rings is 1. The van der Waals surface area contributed by atoms with Gasteiger partial charge in [0.1, 0.15) is 11.3 Å². The number of hydrogen-bond acceptors (Lipinski definition) is 3. The molecule has 3 N–H and O–H groups in total. The van der Waals surface area contributed by atoms with Crippen molar-refractivity contribution in [2.24, 2.45) is 5.73 Å². The summed E-state index contributed by atoms with van der Waals surface area (Å²) in [6.07, 6.45) is 0. The molecule has 2 aromatic carbocycles. The fraction of sp³-hybridized carbons (Fsp3) is 0. The third-order valence-corrected chi connectivity index (χ3v) is 3.71. The monoisotopic (exact) mass is 348 g/mol. The van der Waals surface area contributed by atoms with Crippen molar-refractivity contribution in [2.45, 2.75) is 0 Å². The zero-order valence-corrected chi connectivity index (χ0v) is 13.1. The van der Waals surface area contributed by atoms with Gasteiger partial charge in [-0.05, 0) is 36.4 Å². The van der Waals surface area contributed by atoms with Gasteiger partial charge < -0.3 is 15.5 Å². The summed E-state index contributed by atoms with van der Waals surface area (Å²) in [7, 11) is 0. The molecule has 0 aliphatic rings. The van der Waals surface area contributed by atoms with Gasteiger partial charge in [-0.2, -0.15) is 0 Å². The molecule has 0 saturated heterocycles. The van der Waals surface area contributed by atoms with Crippen molar-refractivity contribution >= 4 is 51.7 Å². The van der Waals surface area contributed by atoms with Gasteiger partial charge in [-0.15, -0.1) is 0 Å². The number of carbonyl (C=O) groups is 2. The van der Waals surface area contributed by atoms with Crippen molar-refractivity contribution in [3.8, 4) is 0 Å². The summed E-state index contributed by atoms with van der Waals surface area (Å²) in [5.41, 5.74) is 6.27. The molecule has 3 aromatic rings. The number of nitrogens with two attached hydrogens (primary N) is 1. The molecular weight excluding hydrogens is 339 g/mol. The fourth-order valence-corrected chi connectivity index (χ4v) is 2.44. The van der Waals surface area contributed by atoms with Crippen LogP contribution < -0.4 is 11.1 Å². The largest absolute Gasteiger partial charge is 0.449 e. The van der Waals surface area contributed by atoms with Crippen LogP contribution in [0.25, 0.3) is 11.0 Å². The van der Waals surface area contributed by atoms with Crippen LogP contribution in [-0.2, 0) is 0 Å². The van der Waals surface area contributed by atoms with Crippen LogP contribution >= 0.6 is 23.2 Å². The maximum atomic E-state index is 12.3. The van der Waals surface area contributed by atoms with Gasteiger partial charge in [-0.3, -0.25) is 9.59 Å². The first kappa shape index (κ1) is 15.4. The molecule has 3 rings (SSSR count). The van der Waals surface area contributed by atoms with Crippen LogP contribution in [0.1, 0.15) is 20.9 Å². The predicted molar refractivity (Wildman–Crippen MR) is 89.1 cm³/mol. The second-order valence-electron chi connectivity index (χ2n) is 4.77. The average Bonchev–Trinajstić information content (AvgIpc) is 2.86. The van der Waals surface area contributed by atoms with E-state index in [4.69, 9.17) is 33.4 Å². The lowest BCUT2D eigenvalue weighted by molar-refractivity contribution is 0.0977. The first-order chi connectivity index (χ1) is 11.0. The average molecular weight is 349 g/mol. The Morgan fingerprint density at radius 2 is 1.65 bits per heavy atom. The predicted octanol–water partition coefficient (Wildman–Crippen LogP) is 4.09. The number of halogens is 2. The summed E-state index contributed by atoms with van der Waals surface area (Å²) in [5.74, 6) is -1.34. The highest BCUT2D eigenvalue weighted by molar-refractivity contribution is 6.31. The molecule has 0 bridgehead atoms. The normalized spacial score (nSPS) is 10.7. The number of benzene rings is 2. The Hall–Kier alpha value is -2.50. The number of primary amides is 1. The summed E-state index contributed by atoms with van der Waals surface area (Å²) in [6.45, 7) is 0. The van der Waals surface area contributed by atoms with Crippen LogP contribution in [-0.4, -0.2) is 11.8 Å². The van der Waals surface area contributed by atoms with Gasteiger partial charge in [0.2, 0.25) is 5.76 Å². The van der Waals surface area contributed by atoms with Crippen molar-refractivity contribution in [2.75, 3.05) is 5.32 Å². The first-order valence-electron chi connectivity index (χ1n) is 6.54. The van der Waals surface area contributed by atoms with Crippen LogP contribution in [0.5, 0.6) is 0 Å². The highest BCUT2D eigenvalue weighted by Crippen LogP contribution is 2.32. The Labute approximate surface area is 141 Å². The third-order valence-electron chi connectivity index (χ3n) is 3.22. The molecule has 23 heavy (non-hydrogen) atoms. The zero-order chi connectivity index (χ0) is 16.6. The molecule has 0 aliphatic carbocycles. The summed E-state index contributed by atoms with van der Waals surface area (Å²) in [4.78, 5) is 23.9. The van der Waals surface area contributed by atoms with E-state index in [1.165, 1.54) is 0 Å². The zero-order valence-electron chi connectivity index (χ0n) is 11.6. The topological polar surface area (TPSA) is 85.3 Å². The molecule has 0 spiro atoms. The second-order valence-corrected chi connectivity index (χ2v) is 5.64. The van der Waals surface area contributed by atoms with Gasteiger partial charge in [0.15, 0.2) is 0 Å². The quantitative estimate of drug-likeness (QED) is 0.747. The number of hydrogen-bond donors (Lipinski definition) is 2. The van der Waals surface area contributed by atoms with E-state index in [-0.39, 0.29) is 11.4 Å². The summed E-state index contributed by atoms with van der Waals surface area (Å²) >= 11 is 11.7. The standard InChI is InChI=1S/C16H10Cl2N2O3/c17-9-3-1-8(2-4-9)16(22)20-13-11-6-5-10(18)7-12(11)23-14(13)15(19)21/h1-7H,(H2,19,21)(H,20,22). The van der Waals surface area contributed by atoms with Gasteiger partial charge in [-0.25, -0.2) is 0 Å². The van der Waals surface area contributed by atoms with Crippen LogP contribution in [0.15, 0.2) is 46.9 Å². The molecule has 0 fully saturated rings. The molecule has 1 aromatic heterocycles. The maximum absolute atomic E-state index is 12.3. The SMILES string of the molecule is NC(=O)c1oc2cc(Cl)ccc2c1NC(=O)c1ccc(Cl)cc1. The van der Waals surface area contributed by atoms with Crippen molar-refractivity contribution in [3.05, 3.63) is 63.8 Å². The number of amides is 2. The van der Waals surface area contributed by atoms with Gasteiger partial charge in [0.25, 0.3) is 11.8 Å². The molecule has 0 saturated carbocycles. The molecule has 5 nitrogen and oxygen atoms in total. The van der Waals surface area contributed by atoms with Crippen molar-refractivity contribution in [3.63, 3.8) is 0 Å². The number of anilines is 1. The summed E-state index contributed by atoms with van der Waals surface area (Å²) < 4.78 is 5.40. The highest BCUT2D eigenvalue weighted by atomic mass is 35.5. The molecule has 0 atom stereocenters. The third kappa shape index (κ3) is 3.02. The number of carbonyl (C=O) groups excluding carboxylic acids is 2. The number of fused-ring (bicyclic) bond motifs is 1. The van der Waals surface area contributed by atoms with E-state index in [0.29, 0.717) is 26.6 Å². The Kier molecular flexibility index (Phi) is 3.98. The lowest BCUT2D eigenvalue weighted by atomic mass is 10.1. The lowest BCUT2D eigenvalue weighted by Crippen LogP contribution is -2.17. The smallest absolute Gasteiger partial charge is 0.286 e. The number of nitrogens with one attached hydrogen (secondary N) is 1. The Balaban J connectivity index is 2.04. The van der Waals surface area contributed by atoms with Crippen LogP contribution in [0.3, 0.4) is 0 Å². The fourth-order valence-electron chi connectivity index (χ4n) is 2.16.